The molecule has 55 heavy (non-hydrogen) atoms. The van der Waals surface area contributed by atoms with Gasteiger partial charge >= 0.3 is 0 Å². The van der Waals surface area contributed by atoms with Crippen LogP contribution < -0.4 is 0 Å². The maximum Gasteiger partial charge on any atom is 0.0731 e. The van der Waals surface area contributed by atoms with E-state index < -0.39 is 5.41 Å². The number of hydrogen-bond donors (Lipinski definition) is 0. The lowest BCUT2D eigenvalue weighted by Crippen LogP contribution is -2.26. The molecule has 13 rings (SSSR count). The fraction of sp³-hybridized carbons (Fsp3) is 0.0182. The predicted octanol–water partition coefficient (Wildman–Crippen LogP) is 14.6. The number of benzene rings is 11. The second kappa shape index (κ2) is 10.6. The molecule has 0 saturated carbocycles. The van der Waals surface area contributed by atoms with E-state index in [2.05, 4.69) is 194 Å². The summed E-state index contributed by atoms with van der Waals surface area (Å²) in [5.41, 5.74) is 15.3. The smallest absolute Gasteiger partial charge is 0.0619 e. The van der Waals surface area contributed by atoms with Gasteiger partial charge in [-0.05, 0) is 145 Å². The zero-order chi connectivity index (χ0) is 35.8. The van der Waals surface area contributed by atoms with Crippen molar-refractivity contribution in [3.63, 3.8) is 0 Å². The van der Waals surface area contributed by atoms with Gasteiger partial charge in [-0.25, -0.2) is 0 Å². The van der Waals surface area contributed by atoms with Crippen LogP contribution in [-0.2, 0) is 5.41 Å². The molecule has 1 spiro atoms. The monoisotopic (exact) mass is 692 g/mol. The Morgan fingerprint density at radius 2 is 0.764 bits per heavy atom. The highest BCUT2D eigenvalue weighted by Crippen LogP contribution is 2.66. The highest BCUT2D eigenvalue weighted by molar-refractivity contribution is 6.24. The lowest BCUT2D eigenvalue weighted by molar-refractivity contribution is 0.802. The summed E-state index contributed by atoms with van der Waals surface area (Å²) >= 11 is 0. The van der Waals surface area contributed by atoms with Crippen LogP contribution in [0.5, 0.6) is 0 Å². The first-order valence-corrected chi connectivity index (χ1v) is 19.3. The quantitative estimate of drug-likeness (QED) is 0.158. The van der Waals surface area contributed by atoms with Crippen molar-refractivity contribution in [1.29, 1.82) is 0 Å². The molecule has 0 radical (unpaired) electrons. The third kappa shape index (κ3) is 3.71. The van der Waals surface area contributed by atoms with Gasteiger partial charge in [0.25, 0.3) is 0 Å². The van der Waals surface area contributed by atoms with Crippen LogP contribution in [-0.4, -0.2) is 0 Å². The van der Waals surface area contributed by atoms with Crippen molar-refractivity contribution in [1.82, 2.24) is 0 Å². The maximum atomic E-state index is 2.56. The van der Waals surface area contributed by atoms with E-state index >= 15 is 0 Å². The molecular weight excluding hydrogens is 661 g/mol. The molecule has 0 nitrogen and oxygen atoms in total. The number of rotatable bonds is 2. The van der Waals surface area contributed by atoms with Gasteiger partial charge in [-0.1, -0.05) is 170 Å². The topological polar surface area (TPSA) is 0 Å². The molecule has 252 valence electrons. The molecule has 2 aliphatic rings. The van der Waals surface area contributed by atoms with Crippen LogP contribution in [0.4, 0.5) is 0 Å². The molecule has 0 heterocycles. The Balaban J connectivity index is 1.22. The van der Waals surface area contributed by atoms with E-state index in [9.17, 15) is 0 Å². The second-order valence-electron chi connectivity index (χ2n) is 15.5. The molecule has 0 aliphatic heterocycles. The summed E-state index contributed by atoms with van der Waals surface area (Å²) in [4.78, 5) is 0. The largest absolute Gasteiger partial charge is 0.0731 e. The van der Waals surface area contributed by atoms with E-state index in [4.69, 9.17) is 0 Å². The van der Waals surface area contributed by atoms with Crippen molar-refractivity contribution in [3.8, 4) is 44.5 Å². The highest BCUT2D eigenvalue weighted by atomic mass is 14.5. The van der Waals surface area contributed by atoms with Crippen LogP contribution in [0.1, 0.15) is 22.3 Å². The normalized spacial score (nSPS) is 13.6. The average Bonchev–Trinajstić information content (AvgIpc) is 3.72. The van der Waals surface area contributed by atoms with E-state index in [-0.39, 0.29) is 0 Å². The molecule has 0 bridgehead atoms. The van der Waals surface area contributed by atoms with Gasteiger partial charge in [-0.3, -0.25) is 0 Å². The Labute approximate surface area is 318 Å². The SMILES string of the molecule is c1ccc2c(c1)-c1ccccc1C21c2cc(-c3cc4ccc5cccc6ccc(c3)c4c56)cc(-c3cccc4ccccc34)c2-c2ccc3ccccc3c21. The van der Waals surface area contributed by atoms with E-state index in [0.29, 0.717) is 0 Å². The van der Waals surface area contributed by atoms with Crippen LogP contribution in [0.15, 0.2) is 194 Å². The van der Waals surface area contributed by atoms with Crippen LogP contribution in [0.25, 0.3) is 98.4 Å². The highest BCUT2D eigenvalue weighted by Gasteiger charge is 2.53. The lowest BCUT2D eigenvalue weighted by atomic mass is 9.69. The Hall–Kier alpha value is -7.02. The van der Waals surface area contributed by atoms with Gasteiger partial charge in [0.15, 0.2) is 0 Å². The van der Waals surface area contributed by atoms with Gasteiger partial charge in [0.05, 0.1) is 5.41 Å². The third-order valence-corrected chi connectivity index (χ3v) is 12.9. The molecule has 0 fully saturated rings. The van der Waals surface area contributed by atoms with Crippen molar-refractivity contribution in [2.45, 2.75) is 5.41 Å². The van der Waals surface area contributed by atoms with Crippen LogP contribution >= 0.6 is 0 Å². The van der Waals surface area contributed by atoms with Crippen molar-refractivity contribution in [2.75, 3.05) is 0 Å². The summed E-state index contributed by atoms with van der Waals surface area (Å²) in [6, 6.07) is 73.6. The minimum Gasteiger partial charge on any atom is -0.0619 e. The van der Waals surface area contributed by atoms with Crippen molar-refractivity contribution < 1.29 is 0 Å². The fourth-order valence-electron chi connectivity index (χ4n) is 10.8. The molecular formula is C55H32. The summed E-state index contributed by atoms with van der Waals surface area (Å²) in [7, 11) is 0. The molecule has 0 aromatic heterocycles. The van der Waals surface area contributed by atoms with Gasteiger partial charge in [0.1, 0.15) is 0 Å². The van der Waals surface area contributed by atoms with Crippen molar-refractivity contribution in [2.24, 2.45) is 0 Å². The predicted molar refractivity (Wildman–Crippen MR) is 232 cm³/mol. The van der Waals surface area contributed by atoms with Crippen LogP contribution in [0.2, 0.25) is 0 Å². The Morgan fingerprint density at radius 3 is 1.49 bits per heavy atom. The molecule has 11 aromatic carbocycles. The zero-order valence-corrected chi connectivity index (χ0v) is 30.0. The first-order valence-electron chi connectivity index (χ1n) is 19.3. The van der Waals surface area contributed by atoms with Gasteiger partial charge in [-0.2, -0.15) is 0 Å². The number of fused-ring (bicyclic) bond motifs is 13. The Bertz CT molecular complexity index is 3320. The van der Waals surface area contributed by atoms with Gasteiger partial charge in [-0.15, -0.1) is 0 Å². The van der Waals surface area contributed by atoms with Crippen molar-refractivity contribution in [3.05, 3.63) is 216 Å². The summed E-state index contributed by atoms with van der Waals surface area (Å²) in [5, 5.41) is 13.0. The van der Waals surface area contributed by atoms with Crippen LogP contribution in [0.3, 0.4) is 0 Å². The summed E-state index contributed by atoms with van der Waals surface area (Å²) < 4.78 is 0. The first kappa shape index (κ1) is 29.4. The van der Waals surface area contributed by atoms with E-state index in [1.807, 2.05) is 0 Å². The molecule has 0 atom stereocenters. The summed E-state index contributed by atoms with van der Waals surface area (Å²) in [5.74, 6) is 0. The molecule has 2 aliphatic carbocycles. The zero-order valence-electron chi connectivity index (χ0n) is 30.0. The third-order valence-electron chi connectivity index (χ3n) is 12.9. The standard InChI is InChI=1S/C55H32/c1-3-16-41-33(11-1)13-10-20-43(41)47-31-40(39-29-37-25-23-35-14-9-15-36-24-26-38(30-39)52(37)51(35)36)32-50-53(47)46-28-27-34-12-2-4-17-42(34)54(46)55(50)48-21-7-5-18-44(48)45-19-6-8-22-49(45)55/h1-32H. The van der Waals surface area contributed by atoms with Gasteiger partial charge in [0, 0.05) is 0 Å². The molecule has 0 N–H and O–H groups in total. The van der Waals surface area contributed by atoms with E-state index in [0.717, 1.165) is 0 Å². The van der Waals surface area contributed by atoms with Crippen molar-refractivity contribution >= 4 is 53.9 Å². The Kier molecular flexibility index (Phi) is 5.65. The molecule has 11 aromatic rings. The Morgan fingerprint density at radius 1 is 0.273 bits per heavy atom. The average molecular weight is 693 g/mol. The van der Waals surface area contributed by atoms with E-state index in [1.54, 1.807) is 0 Å². The maximum absolute atomic E-state index is 2.56. The van der Waals surface area contributed by atoms with E-state index in [1.165, 1.54) is 121 Å². The van der Waals surface area contributed by atoms with Gasteiger partial charge < -0.3 is 0 Å². The molecule has 0 unspecified atom stereocenters. The molecule has 0 saturated heterocycles. The minimum atomic E-state index is -0.496. The molecule has 0 heteroatoms. The lowest BCUT2D eigenvalue weighted by Gasteiger charge is -2.32. The minimum absolute atomic E-state index is 0.496. The fourth-order valence-corrected chi connectivity index (χ4v) is 10.8. The summed E-state index contributed by atoms with van der Waals surface area (Å²) in [6.07, 6.45) is 0. The van der Waals surface area contributed by atoms with Crippen LogP contribution in [0, 0.1) is 0 Å². The van der Waals surface area contributed by atoms with Gasteiger partial charge in [0.2, 0.25) is 0 Å². The second-order valence-corrected chi connectivity index (χ2v) is 15.5. The number of hydrogen-bond acceptors (Lipinski definition) is 0. The molecule has 0 amide bonds. The summed E-state index contributed by atoms with van der Waals surface area (Å²) in [6.45, 7) is 0. The first-order chi connectivity index (χ1) is 27.3.